The molecule has 0 atom stereocenters. The normalized spacial score (nSPS) is 10.7. The first kappa shape index (κ1) is 14.2. The number of hydrogen-bond acceptors (Lipinski definition) is 4. The summed E-state index contributed by atoms with van der Waals surface area (Å²) < 4.78 is 5.13. The van der Waals surface area contributed by atoms with Gasteiger partial charge in [0.05, 0.1) is 0 Å². The highest BCUT2D eigenvalue weighted by atomic mass is 16.5. The van der Waals surface area contributed by atoms with Crippen LogP contribution < -0.4 is 0 Å². The van der Waals surface area contributed by atoms with Gasteiger partial charge in [-0.15, -0.1) is 0 Å². The lowest BCUT2D eigenvalue weighted by Gasteiger charge is -2.01. The SMILES string of the molecule is Cc1cc(C)cc(Cc2noc(CCCC(=O)O)n2)c1. The van der Waals surface area contributed by atoms with Gasteiger partial charge in [-0.3, -0.25) is 4.79 Å². The van der Waals surface area contributed by atoms with Crippen molar-refractivity contribution >= 4 is 5.97 Å². The zero-order valence-electron chi connectivity index (χ0n) is 11.7. The van der Waals surface area contributed by atoms with Crippen LogP contribution in [0.15, 0.2) is 22.7 Å². The van der Waals surface area contributed by atoms with Crippen LogP contribution >= 0.6 is 0 Å². The van der Waals surface area contributed by atoms with Gasteiger partial charge >= 0.3 is 5.97 Å². The van der Waals surface area contributed by atoms with Gasteiger partial charge in [-0.05, 0) is 25.8 Å². The van der Waals surface area contributed by atoms with Crippen LogP contribution in [0.3, 0.4) is 0 Å². The third-order valence-electron chi connectivity index (χ3n) is 2.94. The number of aromatic nitrogens is 2. The third-order valence-corrected chi connectivity index (χ3v) is 2.94. The minimum atomic E-state index is -0.806. The molecular weight excluding hydrogens is 256 g/mol. The summed E-state index contributed by atoms with van der Waals surface area (Å²) in [6.45, 7) is 4.12. The minimum absolute atomic E-state index is 0.120. The van der Waals surface area contributed by atoms with Gasteiger partial charge in [0.25, 0.3) is 0 Å². The van der Waals surface area contributed by atoms with E-state index in [9.17, 15) is 4.79 Å². The summed E-state index contributed by atoms with van der Waals surface area (Å²) in [4.78, 5) is 14.7. The van der Waals surface area contributed by atoms with Crippen LogP contribution in [-0.2, 0) is 17.6 Å². The maximum Gasteiger partial charge on any atom is 0.303 e. The molecule has 0 aliphatic carbocycles. The zero-order chi connectivity index (χ0) is 14.5. The Morgan fingerprint density at radius 2 is 1.95 bits per heavy atom. The summed E-state index contributed by atoms with van der Waals surface area (Å²) in [6.07, 6.45) is 1.77. The van der Waals surface area contributed by atoms with E-state index in [4.69, 9.17) is 9.63 Å². The molecule has 1 aromatic heterocycles. The van der Waals surface area contributed by atoms with E-state index in [2.05, 4.69) is 42.2 Å². The number of aryl methyl sites for hydroxylation is 3. The number of benzene rings is 1. The molecular formula is C15H18N2O3. The van der Waals surface area contributed by atoms with Gasteiger partial charge in [0, 0.05) is 19.3 Å². The van der Waals surface area contributed by atoms with Crippen molar-refractivity contribution in [3.05, 3.63) is 46.6 Å². The van der Waals surface area contributed by atoms with E-state index < -0.39 is 5.97 Å². The van der Waals surface area contributed by atoms with Crippen LogP contribution in [0.4, 0.5) is 0 Å². The molecule has 1 aromatic carbocycles. The van der Waals surface area contributed by atoms with Gasteiger partial charge in [-0.25, -0.2) is 0 Å². The molecule has 0 fully saturated rings. The second-order valence-corrected chi connectivity index (χ2v) is 5.02. The molecule has 0 spiro atoms. The summed E-state index contributed by atoms with van der Waals surface area (Å²) in [7, 11) is 0. The highest BCUT2D eigenvalue weighted by Crippen LogP contribution is 2.13. The molecule has 0 aliphatic rings. The van der Waals surface area contributed by atoms with Crippen molar-refractivity contribution in [3.63, 3.8) is 0 Å². The molecule has 1 N–H and O–H groups in total. The minimum Gasteiger partial charge on any atom is -0.481 e. The molecule has 0 amide bonds. The first-order valence-corrected chi connectivity index (χ1v) is 6.63. The number of rotatable bonds is 6. The molecule has 20 heavy (non-hydrogen) atoms. The zero-order valence-corrected chi connectivity index (χ0v) is 11.7. The summed E-state index contributed by atoms with van der Waals surface area (Å²) in [5.74, 6) is 0.339. The van der Waals surface area contributed by atoms with E-state index in [1.807, 2.05) is 0 Å². The van der Waals surface area contributed by atoms with Crippen molar-refractivity contribution in [2.75, 3.05) is 0 Å². The first-order valence-electron chi connectivity index (χ1n) is 6.63. The number of hydrogen-bond donors (Lipinski definition) is 1. The molecule has 0 saturated carbocycles. The molecule has 0 bridgehead atoms. The van der Waals surface area contributed by atoms with Crippen LogP contribution in [0, 0.1) is 13.8 Å². The van der Waals surface area contributed by atoms with Crippen LogP contribution in [0.5, 0.6) is 0 Å². The lowest BCUT2D eigenvalue weighted by molar-refractivity contribution is -0.137. The molecule has 2 aromatic rings. The van der Waals surface area contributed by atoms with Crippen LogP contribution in [0.1, 0.15) is 41.2 Å². The maximum absolute atomic E-state index is 10.4. The van der Waals surface area contributed by atoms with Crippen molar-refractivity contribution in [1.29, 1.82) is 0 Å². The Morgan fingerprint density at radius 1 is 1.25 bits per heavy atom. The molecule has 5 heteroatoms. The summed E-state index contributed by atoms with van der Waals surface area (Å²) in [5.41, 5.74) is 3.58. The number of nitrogens with zero attached hydrogens (tertiary/aromatic N) is 2. The Bertz CT molecular complexity index is 585. The molecule has 106 valence electrons. The van der Waals surface area contributed by atoms with Gasteiger partial charge in [0.1, 0.15) is 0 Å². The van der Waals surface area contributed by atoms with Crippen molar-refractivity contribution < 1.29 is 14.4 Å². The summed E-state index contributed by atoms with van der Waals surface area (Å²) >= 11 is 0. The summed E-state index contributed by atoms with van der Waals surface area (Å²) in [5, 5.41) is 12.5. The van der Waals surface area contributed by atoms with E-state index >= 15 is 0 Å². The molecule has 0 radical (unpaired) electrons. The van der Waals surface area contributed by atoms with Gasteiger partial charge in [-0.1, -0.05) is 34.5 Å². The van der Waals surface area contributed by atoms with E-state index in [1.54, 1.807) is 0 Å². The topological polar surface area (TPSA) is 76.2 Å². The van der Waals surface area contributed by atoms with Crippen LogP contribution in [-0.4, -0.2) is 21.2 Å². The van der Waals surface area contributed by atoms with Crippen LogP contribution in [0.2, 0.25) is 0 Å². The monoisotopic (exact) mass is 274 g/mol. The van der Waals surface area contributed by atoms with E-state index in [0.29, 0.717) is 31.0 Å². The number of carboxylic acids is 1. The summed E-state index contributed by atoms with van der Waals surface area (Å²) in [6, 6.07) is 6.33. The highest BCUT2D eigenvalue weighted by Gasteiger charge is 2.08. The molecule has 0 saturated heterocycles. The number of aliphatic carboxylic acids is 1. The van der Waals surface area contributed by atoms with Crippen molar-refractivity contribution in [1.82, 2.24) is 10.1 Å². The van der Waals surface area contributed by atoms with Gasteiger partial charge in [-0.2, -0.15) is 4.98 Å². The standard InChI is InChI=1S/C15H18N2O3/c1-10-6-11(2)8-12(7-10)9-13-16-14(20-17-13)4-3-5-15(18)19/h6-8H,3-5,9H2,1-2H3,(H,18,19). The molecule has 2 rings (SSSR count). The predicted molar refractivity (Wildman–Crippen MR) is 73.6 cm³/mol. The van der Waals surface area contributed by atoms with Gasteiger partial charge in [0.2, 0.25) is 5.89 Å². The van der Waals surface area contributed by atoms with Gasteiger partial charge < -0.3 is 9.63 Å². The molecule has 0 unspecified atom stereocenters. The maximum atomic E-state index is 10.4. The second kappa shape index (κ2) is 6.32. The third kappa shape index (κ3) is 4.19. The number of carbonyl (C=O) groups is 1. The van der Waals surface area contributed by atoms with Crippen molar-refractivity contribution in [2.24, 2.45) is 0 Å². The molecule has 1 heterocycles. The Labute approximate surface area is 117 Å². The number of carboxylic acid groups (broad SMARTS) is 1. The molecule has 5 nitrogen and oxygen atoms in total. The van der Waals surface area contributed by atoms with E-state index in [1.165, 1.54) is 11.1 Å². The highest BCUT2D eigenvalue weighted by molar-refractivity contribution is 5.66. The fourth-order valence-electron chi connectivity index (χ4n) is 2.21. The lowest BCUT2D eigenvalue weighted by atomic mass is 10.1. The average Bonchev–Trinajstić information content (AvgIpc) is 2.74. The lowest BCUT2D eigenvalue weighted by Crippen LogP contribution is -1.96. The first-order chi connectivity index (χ1) is 9.52. The van der Waals surface area contributed by atoms with E-state index in [0.717, 1.165) is 5.56 Å². The van der Waals surface area contributed by atoms with E-state index in [-0.39, 0.29) is 6.42 Å². The largest absolute Gasteiger partial charge is 0.481 e. The van der Waals surface area contributed by atoms with Crippen molar-refractivity contribution in [3.8, 4) is 0 Å². The fourth-order valence-corrected chi connectivity index (χ4v) is 2.21. The Kier molecular flexibility index (Phi) is 4.50. The van der Waals surface area contributed by atoms with Gasteiger partial charge in [0.15, 0.2) is 5.82 Å². The van der Waals surface area contributed by atoms with Crippen molar-refractivity contribution in [2.45, 2.75) is 39.5 Å². The van der Waals surface area contributed by atoms with Crippen LogP contribution in [0.25, 0.3) is 0 Å². The average molecular weight is 274 g/mol. The smallest absolute Gasteiger partial charge is 0.303 e. The quantitative estimate of drug-likeness (QED) is 0.876. The Balaban J connectivity index is 1.96. The second-order valence-electron chi connectivity index (χ2n) is 5.02. The Morgan fingerprint density at radius 3 is 2.60 bits per heavy atom. The molecule has 0 aliphatic heterocycles. The Hall–Kier alpha value is -2.17. The fraction of sp³-hybridized carbons (Fsp3) is 0.400. The predicted octanol–water partition coefficient (Wildman–Crippen LogP) is 2.68.